The summed E-state index contributed by atoms with van der Waals surface area (Å²) < 4.78 is 31.2. The van der Waals surface area contributed by atoms with Crippen molar-refractivity contribution >= 4 is 63.1 Å². The highest BCUT2D eigenvalue weighted by atomic mass is 127. The molecule has 0 atom stereocenters. The van der Waals surface area contributed by atoms with Crippen LogP contribution < -0.4 is 10.6 Å². The number of morpholine rings is 1. The van der Waals surface area contributed by atoms with Gasteiger partial charge < -0.3 is 13.9 Å². The number of ether oxygens (including phenoxy) is 1. The summed E-state index contributed by atoms with van der Waals surface area (Å²) >= 11 is 4.70. The fourth-order valence-corrected chi connectivity index (χ4v) is 12.0. The third kappa shape index (κ3) is 4.01. The topological polar surface area (TPSA) is 39.4 Å². The third-order valence-electron chi connectivity index (χ3n) is 8.64. The molecule has 0 aliphatic carbocycles. The van der Waals surface area contributed by atoms with Crippen LogP contribution in [0.4, 0.5) is 0 Å². The minimum atomic E-state index is -3.19. The molecule has 1 saturated heterocycles. The monoisotopic (exact) mass is 765 g/mol. The average Bonchev–Trinajstić information content (AvgIpc) is 3.35. The van der Waals surface area contributed by atoms with E-state index < -0.39 is 7.29 Å². The van der Waals surface area contributed by atoms with Crippen molar-refractivity contribution in [1.29, 1.82) is 0 Å². The Kier molecular flexibility index (Phi) is 7.02. The van der Waals surface area contributed by atoms with Gasteiger partial charge in [0, 0.05) is 59.8 Å². The second-order valence-electron chi connectivity index (χ2n) is 11.2. The summed E-state index contributed by atoms with van der Waals surface area (Å²) in [5.41, 5.74) is 8.84. The van der Waals surface area contributed by atoms with Crippen LogP contribution in [0.1, 0.15) is 47.8 Å². The summed E-state index contributed by atoms with van der Waals surface area (Å²) in [6.07, 6.45) is 0. The van der Waals surface area contributed by atoms with E-state index in [1.165, 1.54) is 29.7 Å². The molecule has 2 aliphatic rings. The number of benzene rings is 2. The van der Waals surface area contributed by atoms with Gasteiger partial charge in [0.1, 0.15) is 0 Å². The number of hydrogen-bond donors (Lipinski definition) is 0. The summed E-state index contributed by atoms with van der Waals surface area (Å²) in [6.45, 7) is 15.9. The Morgan fingerprint density at radius 3 is 1.46 bits per heavy atom. The molecule has 204 valence electrons. The molecule has 4 aromatic rings. The van der Waals surface area contributed by atoms with Crippen molar-refractivity contribution in [2.24, 2.45) is 0 Å². The molecule has 4 heterocycles. The zero-order chi connectivity index (χ0) is 27.9. The van der Waals surface area contributed by atoms with Gasteiger partial charge in [0.2, 0.25) is 7.29 Å². The van der Waals surface area contributed by atoms with Gasteiger partial charge in [-0.15, -0.1) is 0 Å². The van der Waals surface area contributed by atoms with Crippen molar-refractivity contribution in [3.8, 4) is 11.4 Å². The maximum atomic E-state index is 16.1. The molecule has 8 heteroatoms. The van der Waals surface area contributed by atoms with Crippen LogP contribution in [-0.4, -0.2) is 40.1 Å². The van der Waals surface area contributed by atoms with E-state index in [1.54, 1.807) is 0 Å². The lowest BCUT2D eigenvalue weighted by atomic mass is 9.77. The first-order valence-electron chi connectivity index (χ1n) is 13.4. The Balaban J connectivity index is 1.71. The smallest absolute Gasteiger partial charge is 0.211 e. The number of rotatable bonds is 3. The van der Waals surface area contributed by atoms with Gasteiger partial charge in [0.15, 0.2) is 0 Å². The highest BCUT2D eigenvalue weighted by Crippen LogP contribution is 2.59. The van der Waals surface area contributed by atoms with Gasteiger partial charge >= 0.3 is 0 Å². The number of halogens is 2. The molecular formula is C31H34I2N3O2P. The minimum absolute atomic E-state index is 0.322. The van der Waals surface area contributed by atoms with Crippen LogP contribution in [0.5, 0.6) is 0 Å². The Morgan fingerprint density at radius 2 is 1.08 bits per heavy atom. The largest absolute Gasteiger partial charge is 0.379 e. The van der Waals surface area contributed by atoms with Crippen LogP contribution in [0, 0.1) is 34.8 Å². The number of nitrogens with zero attached hydrogens (tertiary/aromatic N) is 3. The van der Waals surface area contributed by atoms with Gasteiger partial charge in [-0.2, -0.15) is 0 Å². The van der Waals surface area contributed by atoms with Crippen LogP contribution in [0.2, 0.25) is 0 Å². The molecule has 0 amide bonds. The molecule has 0 radical (unpaired) electrons. The summed E-state index contributed by atoms with van der Waals surface area (Å²) in [4.78, 5) is 0. The third-order valence-corrected chi connectivity index (χ3v) is 13.6. The average molecular weight is 765 g/mol. The fourth-order valence-electron chi connectivity index (χ4n) is 7.19. The van der Waals surface area contributed by atoms with Crippen molar-refractivity contribution in [3.05, 3.63) is 89.6 Å². The van der Waals surface area contributed by atoms with Crippen molar-refractivity contribution in [1.82, 2.24) is 13.8 Å². The highest BCUT2D eigenvalue weighted by molar-refractivity contribution is 14.1. The Morgan fingerprint density at radius 1 is 0.692 bits per heavy atom. The lowest BCUT2D eigenvalue weighted by Gasteiger charge is -2.42. The normalized spacial score (nSPS) is 18.2. The predicted molar refractivity (Wildman–Crippen MR) is 177 cm³/mol. The summed E-state index contributed by atoms with van der Waals surface area (Å²) in [5, 5.41) is 2.06. The Bertz CT molecular complexity index is 1530. The second-order valence-corrected chi connectivity index (χ2v) is 16.3. The standard InChI is InChI=1S/C31H34I2N3O2P/c1-19-27-29(21(3)35(19)25-11-7-23(32)8-12-25)39(37,34-15-17-38-18-16-34)30-22(4)36(20(2)28(30)31(27,5)6)26-13-9-24(33)10-14-26/h7-14H,15-18H2,1-6H3. The van der Waals surface area contributed by atoms with Crippen LogP contribution in [0.3, 0.4) is 0 Å². The Hall–Kier alpha value is -1.39. The molecule has 5 nitrogen and oxygen atoms in total. The molecule has 39 heavy (non-hydrogen) atoms. The van der Waals surface area contributed by atoms with Gasteiger partial charge in [0.05, 0.1) is 23.8 Å². The molecule has 0 unspecified atom stereocenters. The maximum absolute atomic E-state index is 16.1. The zero-order valence-corrected chi connectivity index (χ0v) is 28.5. The van der Waals surface area contributed by atoms with E-state index in [0.717, 1.165) is 33.4 Å². The number of fused-ring (bicyclic) bond motifs is 2. The van der Waals surface area contributed by atoms with Gasteiger partial charge in [0.25, 0.3) is 0 Å². The molecule has 0 N–H and O–H groups in total. The van der Waals surface area contributed by atoms with Crippen LogP contribution in [0.25, 0.3) is 11.4 Å². The molecule has 1 fully saturated rings. The number of aromatic nitrogens is 2. The lowest BCUT2D eigenvalue weighted by Crippen LogP contribution is -2.47. The zero-order valence-electron chi connectivity index (χ0n) is 23.3. The van der Waals surface area contributed by atoms with Gasteiger partial charge in [-0.1, -0.05) is 13.8 Å². The van der Waals surface area contributed by atoms with Crippen LogP contribution in [-0.2, 0) is 14.7 Å². The van der Waals surface area contributed by atoms with Crippen molar-refractivity contribution in [2.75, 3.05) is 26.3 Å². The summed E-state index contributed by atoms with van der Waals surface area (Å²) in [5.74, 6) is 0. The van der Waals surface area contributed by atoms with Crippen LogP contribution in [0.15, 0.2) is 48.5 Å². The van der Waals surface area contributed by atoms with Crippen molar-refractivity contribution in [2.45, 2.75) is 47.0 Å². The van der Waals surface area contributed by atoms with E-state index in [2.05, 4.69) is 149 Å². The second kappa shape index (κ2) is 9.86. The van der Waals surface area contributed by atoms with E-state index in [9.17, 15) is 0 Å². The van der Waals surface area contributed by atoms with Gasteiger partial charge in [-0.05, 0) is 133 Å². The first kappa shape index (κ1) is 27.8. The summed E-state index contributed by atoms with van der Waals surface area (Å²) in [6, 6.07) is 17.3. The quantitative estimate of drug-likeness (QED) is 0.168. The fraction of sp³-hybridized carbons (Fsp3) is 0.355. The van der Waals surface area contributed by atoms with Crippen molar-refractivity contribution < 1.29 is 9.30 Å². The summed E-state index contributed by atoms with van der Waals surface area (Å²) in [7, 11) is -3.19. The first-order valence-corrected chi connectivity index (χ1v) is 17.2. The van der Waals surface area contributed by atoms with E-state index >= 15 is 4.57 Å². The van der Waals surface area contributed by atoms with E-state index in [1.807, 2.05) is 0 Å². The molecule has 2 aromatic heterocycles. The van der Waals surface area contributed by atoms with Gasteiger partial charge in [-0.25, -0.2) is 4.67 Å². The number of hydrogen-bond acceptors (Lipinski definition) is 2. The molecule has 6 rings (SSSR count). The predicted octanol–water partition coefficient (Wildman–Crippen LogP) is 6.91. The minimum Gasteiger partial charge on any atom is -0.379 e. The van der Waals surface area contributed by atoms with Crippen molar-refractivity contribution in [3.63, 3.8) is 0 Å². The maximum Gasteiger partial charge on any atom is 0.211 e. The van der Waals surface area contributed by atoms with E-state index in [-0.39, 0.29) is 5.41 Å². The lowest BCUT2D eigenvalue weighted by molar-refractivity contribution is 0.0731. The molecule has 2 aromatic carbocycles. The first-order chi connectivity index (χ1) is 18.5. The Labute approximate surface area is 258 Å². The van der Waals surface area contributed by atoms with Gasteiger partial charge in [-0.3, -0.25) is 4.57 Å². The van der Waals surface area contributed by atoms with E-state index in [0.29, 0.717) is 26.3 Å². The molecule has 0 bridgehead atoms. The molecule has 0 spiro atoms. The SMILES string of the molecule is Cc1c2c(c(C)n1-c1ccc(I)cc1)P(=O)(N1CCOCC1)c1c(c(C)n(-c3ccc(I)cc3)c1C)C2(C)C. The van der Waals surface area contributed by atoms with E-state index in [4.69, 9.17) is 4.74 Å². The molecular weight excluding hydrogens is 731 g/mol. The molecule has 2 aliphatic heterocycles. The van der Waals surface area contributed by atoms with Crippen LogP contribution >= 0.6 is 52.5 Å². The highest BCUT2D eigenvalue weighted by Gasteiger charge is 2.53. The molecule has 0 saturated carbocycles.